The van der Waals surface area contributed by atoms with Gasteiger partial charge in [-0.3, -0.25) is 0 Å². The van der Waals surface area contributed by atoms with Gasteiger partial charge in [0, 0.05) is 13.1 Å². The second-order valence-electron chi connectivity index (χ2n) is 6.16. The number of hydrogen-bond acceptors (Lipinski definition) is 3. The van der Waals surface area contributed by atoms with Crippen LogP contribution in [-0.4, -0.2) is 19.2 Å². The van der Waals surface area contributed by atoms with Crippen molar-refractivity contribution in [1.29, 1.82) is 0 Å². The molecule has 0 N–H and O–H groups in total. The number of isocyanates is 1. The van der Waals surface area contributed by atoms with E-state index in [0.717, 1.165) is 57.2 Å². The Balaban J connectivity index is 1.91. The molecule has 0 radical (unpaired) electrons. The van der Waals surface area contributed by atoms with Crippen molar-refractivity contribution in [2.75, 3.05) is 18.0 Å². The lowest BCUT2D eigenvalue weighted by Gasteiger charge is -2.30. The fourth-order valence-electron chi connectivity index (χ4n) is 3.70. The number of rotatable bonds is 3. The van der Waals surface area contributed by atoms with Crippen molar-refractivity contribution >= 4 is 11.8 Å². The summed E-state index contributed by atoms with van der Waals surface area (Å²) in [4.78, 5) is 16.9. The van der Waals surface area contributed by atoms with Crippen LogP contribution in [-0.2, 0) is 10.3 Å². The van der Waals surface area contributed by atoms with Crippen LogP contribution < -0.4 is 4.90 Å². The predicted molar refractivity (Wildman–Crippen MR) is 80.7 cm³/mol. The van der Waals surface area contributed by atoms with Crippen molar-refractivity contribution in [2.45, 2.75) is 50.5 Å². The summed E-state index contributed by atoms with van der Waals surface area (Å²) in [6, 6.07) is 5.38. The maximum Gasteiger partial charge on any atom is 0.235 e. The van der Waals surface area contributed by atoms with Crippen molar-refractivity contribution in [3.63, 3.8) is 0 Å². The third kappa shape index (κ3) is 2.73. The van der Waals surface area contributed by atoms with Crippen molar-refractivity contribution < 1.29 is 9.18 Å². The fraction of sp³-hybridized carbons (Fsp3) is 0.588. The lowest BCUT2D eigenvalue weighted by molar-refractivity contribution is 0.452. The number of halogens is 1. The normalized spacial score (nSPS) is 21.1. The maximum absolute atomic E-state index is 14.5. The molecule has 1 aliphatic carbocycles. The molecule has 1 heterocycles. The number of aliphatic imine (C=N–C) groups is 1. The molecule has 1 aromatic carbocycles. The summed E-state index contributed by atoms with van der Waals surface area (Å²) in [6.45, 7) is 1.85. The fourth-order valence-corrected chi connectivity index (χ4v) is 3.70. The quantitative estimate of drug-likeness (QED) is 0.624. The molecule has 4 heteroatoms. The van der Waals surface area contributed by atoms with E-state index in [9.17, 15) is 9.18 Å². The number of piperidine rings is 1. The van der Waals surface area contributed by atoms with Gasteiger partial charge in [0.25, 0.3) is 0 Å². The smallest absolute Gasteiger partial charge is 0.235 e. The Hall–Kier alpha value is -1.67. The third-order valence-corrected chi connectivity index (χ3v) is 4.87. The molecule has 112 valence electrons. The van der Waals surface area contributed by atoms with E-state index in [4.69, 9.17) is 0 Å². The van der Waals surface area contributed by atoms with Gasteiger partial charge in [-0.15, -0.1) is 0 Å². The van der Waals surface area contributed by atoms with Gasteiger partial charge in [-0.25, -0.2) is 9.18 Å². The number of anilines is 1. The largest absolute Gasteiger partial charge is 0.369 e. The predicted octanol–water partition coefficient (Wildman–Crippen LogP) is 3.92. The molecule has 1 saturated heterocycles. The van der Waals surface area contributed by atoms with Gasteiger partial charge in [0.2, 0.25) is 6.08 Å². The molecular weight excluding hydrogens is 267 g/mol. The highest BCUT2D eigenvalue weighted by molar-refractivity contribution is 5.51. The van der Waals surface area contributed by atoms with Crippen LogP contribution in [0.5, 0.6) is 0 Å². The van der Waals surface area contributed by atoms with Crippen LogP contribution in [0.3, 0.4) is 0 Å². The Morgan fingerprint density at radius 2 is 1.81 bits per heavy atom. The van der Waals surface area contributed by atoms with Crippen LogP contribution >= 0.6 is 0 Å². The van der Waals surface area contributed by atoms with E-state index in [0.29, 0.717) is 5.69 Å². The molecule has 2 fully saturated rings. The Kier molecular flexibility index (Phi) is 4.07. The average Bonchev–Trinajstić information content (AvgIpc) is 2.98. The molecule has 1 aliphatic heterocycles. The first-order valence-corrected chi connectivity index (χ1v) is 7.89. The molecule has 0 bridgehead atoms. The van der Waals surface area contributed by atoms with Crippen LogP contribution in [0.15, 0.2) is 23.2 Å². The molecule has 2 aliphatic rings. The van der Waals surface area contributed by atoms with E-state index >= 15 is 0 Å². The Morgan fingerprint density at radius 1 is 1.10 bits per heavy atom. The first-order chi connectivity index (χ1) is 10.2. The van der Waals surface area contributed by atoms with Crippen LogP contribution in [0.25, 0.3) is 0 Å². The summed E-state index contributed by atoms with van der Waals surface area (Å²) in [5.74, 6) is -0.193. The van der Waals surface area contributed by atoms with Gasteiger partial charge in [-0.1, -0.05) is 18.9 Å². The minimum Gasteiger partial charge on any atom is -0.369 e. The van der Waals surface area contributed by atoms with E-state index in [1.165, 1.54) is 6.42 Å². The maximum atomic E-state index is 14.5. The number of carbonyl (C=O) groups excluding carboxylic acids is 1. The topological polar surface area (TPSA) is 32.7 Å². The summed E-state index contributed by atoms with van der Waals surface area (Å²) < 4.78 is 14.5. The van der Waals surface area contributed by atoms with E-state index in [1.807, 2.05) is 12.1 Å². The van der Waals surface area contributed by atoms with Crippen LogP contribution in [0, 0.1) is 5.82 Å². The lowest BCUT2D eigenvalue weighted by atomic mass is 9.88. The minimum absolute atomic E-state index is 0.193. The van der Waals surface area contributed by atoms with Gasteiger partial charge in [-0.2, -0.15) is 4.99 Å². The summed E-state index contributed by atoms with van der Waals surface area (Å²) in [6.07, 6.45) is 8.85. The van der Waals surface area contributed by atoms with Gasteiger partial charge in [0.15, 0.2) is 0 Å². The third-order valence-electron chi connectivity index (χ3n) is 4.87. The van der Waals surface area contributed by atoms with Crippen molar-refractivity contribution in [3.8, 4) is 0 Å². The molecule has 1 saturated carbocycles. The molecule has 0 aromatic heterocycles. The standard InChI is InChI=1S/C17H21FN2O/c18-15-12-14(17(19-13-21)8-2-3-9-17)6-7-16(15)20-10-4-1-5-11-20/h6-7,12H,1-5,8-11H2. The lowest BCUT2D eigenvalue weighted by Crippen LogP contribution is -2.30. The second kappa shape index (κ2) is 5.98. The first-order valence-electron chi connectivity index (χ1n) is 7.89. The summed E-state index contributed by atoms with van der Waals surface area (Å²) in [5.41, 5.74) is 0.964. The molecule has 0 spiro atoms. The highest BCUT2D eigenvalue weighted by Gasteiger charge is 2.36. The van der Waals surface area contributed by atoms with E-state index < -0.39 is 5.54 Å². The van der Waals surface area contributed by atoms with Crippen molar-refractivity contribution in [1.82, 2.24) is 0 Å². The second-order valence-corrected chi connectivity index (χ2v) is 6.16. The molecule has 0 unspecified atom stereocenters. The summed E-state index contributed by atoms with van der Waals surface area (Å²) in [5, 5.41) is 0. The zero-order chi connectivity index (χ0) is 14.7. The van der Waals surface area contributed by atoms with Crippen molar-refractivity contribution in [3.05, 3.63) is 29.6 Å². The van der Waals surface area contributed by atoms with Crippen LogP contribution in [0.2, 0.25) is 0 Å². The highest BCUT2D eigenvalue weighted by Crippen LogP contribution is 2.43. The van der Waals surface area contributed by atoms with E-state index in [2.05, 4.69) is 9.89 Å². The Bertz CT molecular complexity index is 554. The average molecular weight is 288 g/mol. The molecule has 0 amide bonds. The number of nitrogens with zero attached hydrogens (tertiary/aromatic N) is 2. The van der Waals surface area contributed by atoms with E-state index in [-0.39, 0.29) is 5.82 Å². The number of hydrogen-bond donors (Lipinski definition) is 0. The molecule has 3 nitrogen and oxygen atoms in total. The Labute approximate surface area is 124 Å². The zero-order valence-electron chi connectivity index (χ0n) is 12.3. The summed E-state index contributed by atoms with van der Waals surface area (Å²) in [7, 11) is 0. The molecular formula is C17H21FN2O. The molecule has 1 aromatic rings. The molecule has 3 rings (SSSR count). The molecule has 21 heavy (non-hydrogen) atoms. The van der Waals surface area contributed by atoms with E-state index in [1.54, 1.807) is 12.1 Å². The van der Waals surface area contributed by atoms with Gasteiger partial charge >= 0.3 is 0 Å². The molecule has 0 atom stereocenters. The van der Waals surface area contributed by atoms with Gasteiger partial charge < -0.3 is 4.90 Å². The number of benzene rings is 1. The summed E-state index contributed by atoms with van der Waals surface area (Å²) >= 11 is 0. The SMILES string of the molecule is O=C=NC1(c2ccc(N3CCCCC3)c(F)c2)CCCC1. The van der Waals surface area contributed by atoms with Gasteiger partial charge in [-0.05, 0) is 49.8 Å². The van der Waals surface area contributed by atoms with Gasteiger partial charge in [0.05, 0.1) is 11.2 Å². The first kappa shape index (κ1) is 14.3. The van der Waals surface area contributed by atoms with Gasteiger partial charge in [0.1, 0.15) is 5.82 Å². The zero-order valence-corrected chi connectivity index (χ0v) is 12.3. The monoisotopic (exact) mass is 288 g/mol. The highest BCUT2D eigenvalue weighted by atomic mass is 19.1. The Morgan fingerprint density at radius 3 is 2.43 bits per heavy atom. The van der Waals surface area contributed by atoms with Crippen LogP contribution in [0.1, 0.15) is 50.5 Å². The minimum atomic E-state index is -0.539. The van der Waals surface area contributed by atoms with Crippen molar-refractivity contribution in [2.24, 2.45) is 4.99 Å². The van der Waals surface area contributed by atoms with Crippen LogP contribution in [0.4, 0.5) is 10.1 Å².